The minimum atomic E-state index is -0.295. The van der Waals surface area contributed by atoms with Crippen molar-refractivity contribution in [2.75, 3.05) is 7.11 Å². The Kier molecular flexibility index (Phi) is 5.36. The van der Waals surface area contributed by atoms with Crippen molar-refractivity contribution in [3.05, 3.63) is 62.6 Å². The molecule has 1 unspecified atom stereocenters. The highest BCUT2D eigenvalue weighted by atomic mass is 79.9. The van der Waals surface area contributed by atoms with Gasteiger partial charge >= 0.3 is 0 Å². The van der Waals surface area contributed by atoms with Crippen molar-refractivity contribution in [1.29, 1.82) is 0 Å². The van der Waals surface area contributed by atoms with Crippen LogP contribution in [0.5, 0.6) is 5.75 Å². The lowest BCUT2D eigenvalue weighted by molar-refractivity contribution is 0.407. The Morgan fingerprint density at radius 1 is 1.20 bits per heavy atom. The first-order valence-corrected chi connectivity index (χ1v) is 7.94. The van der Waals surface area contributed by atoms with Gasteiger partial charge in [-0.15, -0.1) is 11.6 Å². The van der Waals surface area contributed by atoms with E-state index in [2.05, 4.69) is 28.9 Å². The van der Waals surface area contributed by atoms with E-state index in [0.29, 0.717) is 5.02 Å². The third-order valence-electron chi connectivity index (χ3n) is 3.22. The Bertz CT molecular complexity index is 613. The molecule has 106 valence electrons. The van der Waals surface area contributed by atoms with E-state index >= 15 is 0 Å². The number of hydrogen-bond donors (Lipinski definition) is 0. The number of hydrogen-bond acceptors (Lipinski definition) is 1. The Balaban J connectivity index is 2.55. The second-order valence-corrected chi connectivity index (χ2v) is 6.15. The fraction of sp³-hybridized carbons (Fsp3) is 0.250. The molecule has 0 aliphatic rings. The van der Waals surface area contributed by atoms with Crippen molar-refractivity contribution in [2.24, 2.45) is 0 Å². The smallest absolute Gasteiger partial charge is 0.138 e. The molecule has 0 bridgehead atoms. The lowest BCUT2D eigenvalue weighted by atomic mass is 9.97. The van der Waals surface area contributed by atoms with Crippen LogP contribution in [0.4, 0.5) is 0 Å². The van der Waals surface area contributed by atoms with Crippen molar-refractivity contribution < 1.29 is 4.74 Å². The number of benzene rings is 2. The molecule has 2 aromatic rings. The minimum absolute atomic E-state index is 0.295. The molecule has 0 amide bonds. The summed E-state index contributed by atoms with van der Waals surface area (Å²) < 4.78 is 6.26. The monoisotopic (exact) mass is 372 g/mol. The van der Waals surface area contributed by atoms with Crippen LogP contribution < -0.4 is 4.74 Å². The zero-order chi connectivity index (χ0) is 14.7. The summed E-state index contributed by atoms with van der Waals surface area (Å²) in [4.78, 5) is 0. The molecule has 0 aromatic heterocycles. The first-order valence-electron chi connectivity index (χ1n) is 6.33. The van der Waals surface area contributed by atoms with E-state index in [1.807, 2.05) is 24.3 Å². The normalized spacial score (nSPS) is 12.2. The van der Waals surface area contributed by atoms with Crippen LogP contribution >= 0.6 is 39.1 Å². The number of ether oxygens (including phenoxy) is 1. The number of alkyl halides is 1. The lowest BCUT2D eigenvalue weighted by Crippen LogP contribution is -2.01. The summed E-state index contributed by atoms with van der Waals surface area (Å²) in [7, 11) is 1.63. The van der Waals surface area contributed by atoms with Crippen molar-refractivity contribution in [2.45, 2.75) is 18.7 Å². The maximum Gasteiger partial charge on any atom is 0.138 e. The molecule has 0 aliphatic heterocycles. The second-order valence-electron chi connectivity index (χ2n) is 4.43. The van der Waals surface area contributed by atoms with E-state index in [-0.39, 0.29) is 5.38 Å². The summed E-state index contributed by atoms with van der Waals surface area (Å²) in [5.41, 5.74) is 3.18. The molecule has 1 nitrogen and oxygen atoms in total. The molecule has 1 atom stereocenters. The summed E-state index contributed by atoms with van der Waals surface area (Å²) in [6.45, 7) is 2.12. The maximum absolute atomic E-state index is 6.68. The molecular formula is C16H15BrCl2O. The second kappa shape index (κ2) is 6.84. The third-order valence-corrected chi connectivity index (χ3v) is 4.50. The van der Waals surface area contributed by atoms with Crippen LogP contribution in [-0.4, -0.2) is 7.11 Å². The molecule has 0 heterocycles. The summed E-state index contributed by atoms with van der Waals surface area (Å²) >= 11 is 16.3. The highest BCUT2D eigenvalue weighted by Crippen LogP contribution is 2.42. The van der Waals surface area contributed by atoms with Gasteiger partial charge in [0, 0.05) is 10.6 Å². The molecule has 0 radical (unpaired) electrons. The summed E-state index contributed by atoms with van der Waals surface area (Å²) in [5.74, 6) is 0.723. The van der Waals surface area contributed by atoms with Crippen LogP contribution in [0.2, 0.25) is 5.02 Å². The van der Waals surface area contributed by atoms with Crippen LogP contribution in [0.25, 0.3) is 0 Å². The van der Waals surface area contributed by atoms with Gasteiger partial charge in [-0.05, 0) is 45.6 Å². The van der Waals surface area contributed by atoms with Gasteiger partial charge < -0.3 is 4.74 Å². The molecule has 4 heteroatoms. The van der Waals surface area contributed by atoms with Gasteiger partial charge in [-0.25, -0.2) is 0 Å². The molecule has 0 saturated heterocycles. The van der Waals surface area contributed by atoms with Crippen molar-refractivity contribution >= 4 is 39.1 Å². The van der Waals surface area contributed by atoms with Crippen LogP contribution in [-0.2, 0) is 6.42 Å². The SMILES string of the molecule is CCc1ccccc1C(Cl)c1cc(Cl)cc(Br)c1OC. The molecule has 0 aliphatic carbocycles. The highest BCUT2D eigenvalue weighted by molar-refractivity contribution is 9.10. The molecule has 0 N–H and O–H groups in total. The average Bonchev–Trinajstić information content (AvgIpc) is 2.45. The molecular weight excluding hydrogens is 359 g/mol. The summed E-state index contributed by atoms with van der Waals surface area (Å²) in [6.07, 6.45) is 0.934. The molecule has 2 rings (SSSR count). The van der Waals surface area contributed by atoms with Gasteiger partial charge in [-0.2, -0.15) is 0 Å². The quantitative estimate of drug-likeness (QED) is 0.597. The Hall–Kier alpha value is -0.700. The van der Waals surface area contributed by atoms with Gasteiger partial charge in [0.25, 0.3) is 0 Å². The number of methoxy groups -OCH3 is 1. The number of rotatable bonds is 4. The third kappa shape index (κ3) is 3.13. The largest absolute Gasteiger partial charge is 0.495 e. The molecule has 20 heavy (non-hydrogen) atoms. The average molecular weight is 374 g/mol. The van der Waals surface area contributed by atoms with Crippen LogP contribution in [0.15, 0.2) is 40.9 Å². The molecule has 2 aromatic carbocycles. The summed E-state index contributed by atoms with van der Waals surface area (Å²) in [5, 5.41) is 0.336. The van der Waals surface area contributed by atoms with Gasteiger partial charge in [-0.1, -0.05) is 42.8 Å². The van der Waals surface area contributed by atoms with E-state index in [4.69, 9.17) is 27.9 Å². The molecule has 0 spiro atoms. The molecule has 0 fully saturated rings. The predicted molar refractivity (Wildman–Crippen MR) is 89.2 cm³/mol. The van der Waals surface area contributed by atoms with E-state index in [1.54, 1.807) is 13.2 Å². The van der Waals surface area contributed by atoms with E-state index in [1.165, 1.54) is 5.56 Å². The van der Waals surface area contributed by atoms with Crippen LogP contribution in [0, 0.1) is 0 Å². The summed E-state index contributed by atoms with van der Waals surface area (Å²) in [6, 6.07) is 11.8. The van der Waals surface area contributed by atoms with Crippen molar-refractivity contribution in [1.82, 2.24) is 0 Å². The standard InChI is InChI=1S/C16H15BrCl2O/c1-3-10-6-4-5-7-12(10)15(19)13-8-11(18)9-14(17)16(13)20-2/h4-9,15H,3H2,1-2H3. The first-order chi connectivity index (χ1) is 9.58. The Labute approximate surface area is 138 Å². The fourth-order valence-corrected chi connectivity index (χ4v) is 3.63. The number of halogens is 3. The predicted octanol–water partition coefficient (Wildman–Crippen LogP) is 6.00. The van der Waals surface area contributed by atoms with Crippen molar-refractivity contribution in [3.8, 4) is 5.75 Å². The van der Waals surface area contributed by atoms with Gasteiger partial charge in [-0.3, -0.25) is 0 Å². The first kappa shape index (κ1) is 15.7. The van der Waals surface area contributed by atoms with E-state index in [0.717, 1.165) is 27.8 Å². The van der Waals surface area contributed by atoms with Gasteiger partial charge in [0.2, 0.25) is 0 Å². The fourth-order valence-electron chi connectivity index (χ4n) is 2.25. The van der Waals surface area contributed by atoms with Gasteiger partial charge in [0.15, 0.2) is 0 Å². The van der Waals surface area contributed by atoms with E-state index < -0.39 is 0 Å². The topological polar surface area (TPSA) is 9.23 Å². The maximum atomic E-state index is 6.68. The van der Waals surface area contributed by atoms with Crippen LogP contribution in [0.3, 0.4) is 0 Å². The lowest BCUT2D eigenvalue weighted by Gasteiger charge is -2.18. The zero-order valence-corrected chi connectivity index (χ0v) is 14.4. The molecule has 0 saturated carbocycles. The van der Waals surface area contributed by atoms with Gasteiger partial charge in [0.05, 0.1) is 17.0 Å². The van der Waals surface area contributed by atoms with Crippen LogP contribution in [0.1, 0.15) is 29.0 Å². The Morgan fingerprint density at radius 2 is 1.90 bits per heavy atom. The van der Waals surface area contributed by atoms with Gasteiger partial charge in [0.1, 0.15) is 5.75 Å². The Morgan fingerprint density at radius 3 is 2.55 bits per heavy atom. The van der Waals surface area contributed by atoms with E-state index in [9.17, 15) is 0 Å². The minimum Gasteiger partial charge on any atom is -0.495 e. The van der Waals surface area contributed by atoms with Crippen molar-refractivity contribution in [3.63, 3.8) is 0 Å². The number of aryl methyl sites for hydroxylation is 1. The highest BCUT2D eigenvalue weighted by Gasteiger charge is 2.20. The zero-order valence-electron chi connectivity index (χ0n) is 11.3.